The van der Waals surface area contributed by atoms with Crippen LogP contribution in [0, 0.1) is 0 Å². The maximum atomic E-state index is 2.39. The average Bonchev–Trinajstić information content (AvgIpc) is 2.97. The first-order chi connectivity index (χ1) is 10.4. The van der Waals surface area contributed by atoms with E-state index in [0.717, 1.165) is 6.54 Å². The molecule has 4 rings (SSSR count). The third-order valence-corrected chi connectivity index (χ3v) is 4.27. The van der Waals surface area contributed by atoms with E-state index in [-0.39, 0.29) is 17.0 Å². The number of halogens is 1. The fourth-order valence-electron chi connectivity index (χ4n) is 3.24. The summed E-state index contributed by atoms with van der Waals surface area (Å²) in [7, 11) is 0. The second-order valence-electron chi connectivity index (χ2n) is 5.60. The Kier molecular flexibility index (Phi) is 4.16. The average molecular weight is 355 g/mol. The van der Waals surface area contributed by atoms with E-state index in [1.165, 1.54) is 40.2 Å². The highest BCUT2D eigenvalue weighted by Crippen LogP contribution is 2.27. The van der Waals surface area contributed by atoms with Crippen LogP contribution in [-0.4, -0.2) is 4.40 Å². The van der Waals surface area contributed by atoms with Crippen LogP contribution in [0.3, 0.4) is 0 Å². The van der Waals surface area contributed by atoms with Gasteiger partial charge in [-0.15, -0.1) is 0 Å². The molecule has 112 valence electrons. The normalized spacial score (nSPS) is 11.1. The van der Waals surface area contributed by atoms with Gasteiger partial charge in [0.15, 0.2) is 0 Å². The molecule has 0 bridgehead atoms. The Morgan fingerprint density at radius 3 is 2.36 bits per heavy atom. The number of para-hydroxylation sites is 1. The Morgan fingerprint density at radius 1 is 0.909 bits per heavy atom. The van der Waals surface area contributed by atoms with Gasteiger partial charge in [-0.05, 0) is 18.6 Å². The Hall–Kier alpha value is -1.87. The number of pyridine rings is 1. The lowest BCUT2D eigenvalue weighted by atomic mass is 10.1. The number of fused-ring (bicyclic) bond motifs is 6. The number of nitrogens with zero attached hydrogens (tertiary/aromatic N) is 2. The monoisotopic (exact) mass is 354 g/mol. The molecule has 3 heteroatoms. The van der Waals surface area contributed by atoms with E-state index in [9.17, 15) is 0 Å². The van der Waals surface area contributed by atoms with Gasteiger partial charge in [-0.25, -0.2) is 4.57 Å². The summed E-state index contributed by atoms with van der Waals surface area (Å²) >= 11 is 0. The Bertz CT molecular complexity index is 940. The highest BCUT2D eigenvalue weighted by Gasteiger charge is 2.17. The summed E-state index contributed by atoms with van der Waals surface area (Å²) in [4.78, 5) is 0. The fourth-order valence-corrected chi connectivity index (χ4v) is 3.24. The Labute approximate surface area is 140 Å². The van der Waals surface area contributed by atoms with Gasteiger partial charge in [-0.2, -0.15) is 4.40 Å². The van der Waals surface area contributed by atoms with Crippen LogP contribution in [0.5, 0.6) is 0 Å². The van der Waals surface area contributed by atoms with Crippen LogP contribution in [0.25, 0.3) is 27.3 Å². The number of hydrogen-bond acceptors (Lipinski definition) is 0. The number of unbranched alkanes of at least 4 members (excludes halogenated alkanes) is 1. The van der Waals surface area contributed by atoms with Gasteiger partial charge in [0.25, 0.3) is 5.65 Å². The molecular weight excluding hydrogens is 336 g/mol. The predicted molar refractivity (Wildman–Crippen MR) is 87.5 cm³/mol. The van der Waals surface area contributed by atoms with Crippen LogP contribution in [-0.2, 0) is 6.54 Å². The summed E-state index contributed by atoms with van der Waals surface area (Å²) in [6.07, 6.45) is 6.84. The number of aryl methyl sites for hydroxylation is 1. The smallest absolute Gasteiger partial charge is 0.294 e. The number of aromatic nitrogens is 2. The molecule has 0 aliphatic carbocycles. The van der Waals surface area contributed by atoms with Crippen molar-refractivity contribution in [2.75, 3.05) is 0 Å². The predicted octanol–water partition coefficient (Wildman–Crippen LogP) is 1.34. The molecule has 2 heterocycles. The van der Waals surface area contributed by atoms with Crippen molar-refractivity contribution in [2.24, 2.45) is 0 Å². The molecule has 0 saturated carbocycles. The highest BCUT2D eigenvalue weighted by atomic mass is 79.9. The van der Waals surface area contributed by atoms with E-state index in [4.69, 9.17) is 0 Å². The van der Waals surface area contributed by atoms with Crippen molar-refractivity contribution in [3.63, 3.8) is 0 Å². The summed E-state index contributed by atoms with van der Waals surface area (Å²) < 4.78 is 4.71. The molecule has 2 nitrogen and oxygen atoms in total. The van der Waals surface area contributed by atoms with Gasteiger partial charge >= 0.3 is 0 Å². The number of hydrogen-bond donors (Lipinski definition) is 0. The van der Waals surface area contributed by atoms with Crippen LogP contribution in [0.2, 0.25) is 0 Å². The maximum absolute atomic E-state index is 2.39. The van der Waals surface area contributed by atoms with Crippen LogP contribution in [0.15, 0.2) is 60.9 Å². The molecule has 0 amide bonds. The minimum atomic E-state index is 0. The molecule has 0 unspecified atom stereocenters. The van der Waals surface area contributed by atoms with Gasteiger partial charge in [0.05, 0.1) is 11.9 Å². The zero-order valence-electron chi connectivity index (χ0n) is 12.7. The molecule has 2 aromatic heterocycles. The lowest BCUT2D eigenvalue weighted by molar-refractivity contribution is -0.670. The standard InChI is InChI=1S/C19H19N2.BrH/c1-2-3-12-20-13-14-21-18-11-7-6-9-16(18)15-8-4-5-10-17(15)19(20)21;/h4-11,13-14H,2-3,12H2,1H3;1H/q+1;/p-1. The van der Waals surface area contributed by atoms with Crippen molar-refractivity contribution >= 4 is 27.3 Å². The Balaban J connectivity index is 0.00000144. The Morgan fingerprint density at radius 2 is 1.59 bits per heavy atom. The largest absolute Gasteiger partial charge is 1.00 e. The SMILES string of the molecule is CCCC[n+]1ccn2c3ccccc3c3ccccc3c21.[Br-]. The topological polar surface area (TPSA) is 8.29 Å². The van der Waals surface area contributed by atoms with Gasteiger partial charge in [0, 0.05) is 10.8 Å². The van der Waals surface area contributed by atoms with E-state index < -0.39 is 0 Å². The van der Waals surface area contributed by atoms with Crippen LogP contribution in [0.1, 0.15) is 19.8 Å². The molecule has 0 aliphatic rings. The van der Waals surface area contributed by atoms with Gasteiger partial charge < -0.3 is 17.0 Å². The van der Waals surface area contributed by atoms with Crippen molar-refractivity contribution in [1.82, 2.24) is 4.40 Å². The first kappa shape index (κ1) is 15.0. The molecule has 0 aliphatic heterocycles. The third-order valence-electron chi connectivity index (χ3n) is 4.27. The molecule has 0 spiro atoms. The van der Waals surface area contributed by atoms with E-state index in [2.05, 4.69) is 76.8 Å². The molecule has 0 atom stereocenters. The quantitative estimate of drug-likeness (QED) is 0.387. The highest BCUT2D eigenvalue weighted by molar-refractivity contribution is 6.10. The van der Waals surface area contributed by atoms with Gasteiger partial charge in [-0.3, -0.25) is 0 Å². The molecule has 22 heavy (non-hydrogen) atoms. The van der Waals surface area contributed by atoms with E-state index >= 15 is 0 Å². The summed E-state index contributed by atoms with van der Waals surface area (Å²) in [5, 5.41) is 3.99. The first-order valence-corrected chi connectivity index (χ1v) is 7.70. The fraction of sp³-hybridized carbons (Fsp3) is 0.211. The van der Waals surface area contributed by atoms with Crippen molar-refractivity contribution in [1.29, 1.82) is 0 Å². The molecule has 2 aromatic carbocycles. The molecule has 0 N–H and O–H groups in total. The molecule has 0 radical (unpaired) electrons. The third kappa shape index (κ3) is 2.20. The number of rotatable bonds is 3. The van der Waals surface area contributed by atoms with E-state index in [0.29, 0.717) is 0 Å². The van der Waals surface area contributed by atoms with E-state index in [1.54, 1.807) is 0 Å². The minimum absolute atomic E-state index is 0. The summed E-state index contributed by atoms with van der Waals surface area (Å²) in [5.41, 5.74) is 2.58. The van der Waals surface area contributed by atoms with Crippen LogP contribution >= 0.6 is 0 Å². The van der Waals surface area contributed by atoms with Crippen LogP contribution in [0.4, 0.5) is 0 Å². The maximum Gasteiger partial charge on any atom is 0.294 e. The molecule has 0 saturated heterocycles. The van der Waals surface area contributed by atoms with Crippen LogP contribution < -0.4 is 21.5 Å². The molecule has 4 aromatic rings. The first-order valence-electron chi connectivity index (χ1n) is 7.70. The van der Waals surface area contributed by atoms with Crippen molar-refractivity contribution in [3.05, 3.63) is 60.9 Å². The zero-order valence-corrected chi connectivity index (χ0v) is 14.3. The van der Waals surface area contributed by atoms with Gasteiger partial charge in [0.2, 0.25) is 0 Å². The molecule has 0 fully saturated rings. The summed E-state index contributed by atoms with van der Waals surface area (Å²) in [6, 6.07) is 17.4. The summed E-state index contributed by atoms with van der Waals surface area (Å²) in [5.74, 6) is 0. The molecular formula is C19H19BrN2. The van der Waals surface area contributed by atoms with Crippen molar-refractivity contribution in [2.45, 2.75) is 26.3 Å². The second kappa shape index (κ2) is 6.09. The van der Waals surface area contributed by atoms with Gasteiger partial charge in [-0.1, -0.05) is 49.7 Å². The minimum Gasteiger partial charge on any atom is -1.00 e. The number of imidazole rings is 1. The lowest BCUT2D eigenvalue weighted by Gasteiger charge is -2.05. The zero-order chi connectivity index (χ0) is 14.2. The number of benzene rings is 2. The summed E-state index contributed by atoms with van der Waals surface area (Å²) in [6.45, 7) is 3.32. The van der Waals surface area contributed by atoms with Gasteiger partial charge in [0.1, 0.15) is 17.9 Å². The lowest BCUT2D eigenvalue weighted by Crippen LogP contribution is -3.00. The van der Waals surface area contributed by atoms with Crippen molar-refractivity contribution in [3.8, 4) is 0 Å². The van der Waals surface area contributed by atoms with Crippen molar-refractivity contribution < 1.29 is 21.5 Å². The second-order valence-corrected chi connectivity index (χ2v) is 5.60. The van der Waals surface area contributed by atoms with E-state index in [1.807, 2.05) is 0 Å².